The van der Waals surface area contributed by atoms with Gasteiger partial charge in [0.25, 0.3) is 0 Å². The summed E-state index contributed by atoms with van der Waals surface area (Å²) in [6.07, 6.45) is 0. The lowest BCUT2D eigenvalue weighted by Gasteiger charge is -2.31. The van der Waals surface area contributed by atoms with Crippen molar-refractivity contribution in [2.75, 3.05) is 0 Å². The monoisotopic (exact) mass is 727 g/mol. The number of fused-ring (bicyclic) bond motifs is 10. The number of rotatable bonds is 6. The molecule has 11 rings (SSSR count). The molecule has 57 heavy (non-hydrogen) atoms. The Labute approximate surface area is 330 Å². The van der Waals surface area contributed by atoms with Gasteiger partial charge in [-0.15, -0.1) is 0 Å². The first-order valence-electron chi connectivity index (χ1n) is 19.2. The Balaban J connectivity index is 1.10. The van der Waals surface area contributed by atoms with Gasteiger partial charge in [0.05, 0.1) is 5.41 Å². The molecule has 1 aromatic heterocycles. The summed E-state index contributed by atoms with van der Waals surface area (Å²) in [5.41, 5.74) is 14.9. The molecular formula is C53H33N3O. The minimum atomic E-state index is -0.668. The van der Waals surface area contributed by atoms with E-state index in [-0.39, 0.29) is 5.78 Å². The first-order chi connectivity index (χ1) is 28.2. The lowest BCUT2D eigenvalue weighted by Crippen LogP contribution is -2.26. The third kappa shape index (κ3) is 5.15. The summed E-state index contributed by atoms with van der Waals surface area (Å²) in [7, 11) is 0. The van der Waals surface area contributed by atoms with Crippen LogP contribution in [0.5, 0.6) is 0 Å². The Kier molecular flexibility index (Phi) is 7.51. The number of aromatic nitrogens is 3. The van der Waals surface area contributed by atoms with E-state index in [1.165, 1.54) is 22.3 Å². The van der Waals surface area contributed by atoms with Gasteiger partial charge in [0, 0.05) is 27.8 Å². The molecule has 9 aromatic rings. The summed E-state index contributed by atoms with van der Waals surface area (Å²) in [6.45, 7) is 0. The first-order valence-corrected chi connectivity index (χ1v) is 19.2. The van der Waals surface area contributed by atoms with Gasteiger partial charge in [0.2, 0.25) is 0 Å². The summed E-state index contributed by atoms with van der Waals surface area (Å²) in [6, 6.07) is 68.6. The fourth-order valence-electron chi connectivity index (χ4n) is 8.97. The van der Waals surface area contributed by atoms with Crippen molar-refractivity contribution in [3.8, 4) is 67.5 Å². The number of hydrogen-bond acceptors (Lipinski definition) is 4. The Morgan fingerprint density at radius 1 is 0.316 bits per heavy atom. The first kappa shape index (κ1) is 32.8. The van der Waals surface area contributed by atoms with Crippen molar-refractivity contribution >= 4 is 5.78 Å². The maximum Gasteiger partial charge on any atom is 0.193 e. The second kappa shape index (κ2) is 13.0. The van der Waals surface area contributed by atoms with Crippen molar-refractivity contribution < 1.29 is 4.79 Å². The highest BCUT2D eigenvalue weighted by Crippen LogP contribution is 2.63. The normalized spacial score (nSPS) is 14.5. The zero-order valence-corrected chi connectivity index (χ0v) is 30.8. The van der Waals surface area contributed by atoms with Gasteiger partial charge in [0.15, 0.2) is 23.3 Å². The molecule has 0 radical (unpaired) electrons. The maximum atomic E-state index is 14.4. The Bertz CT molecular complexity index is 2940. The largest absolute Gasteiger partial charge is 0.289 e. The van der Waals surface area contributed by atoms with E-state index < -0.39 is 5.41 Å². The second-order valence-electron chi connectivity index (χ2n) is 14.7. The number of hydrogen-bond donors (Lipinski definition) is 0. The van der Waals surface area contributed by atoms with Crippen LogP contribution in [-0.4, -0.2) is 20.7 Å². The van der Waals surface area contributed by atoms with E-state index in [4.69, 9.17) is 15.0 Å². The summed E-state index contributed by atoms with van der Waals surface area (Å²) < 4.78 is 0. The van der Waals surface area contributed by atoms with Gasteiger partial charge in [-0.1, -0.05) is 188 Å². The second-order valence-corrected chi connectivity index (χ2v) is 14.7. The van der Waals surface area contributed by atoms with Crippen LogP contribution in [0.4, 0.5) is 0 Å². The molecule has 0 N–H and O–H groups in total. The standard InChI is InChI=1S/C53H33N3O/c57-49(36-26-24-35(25-27-36)34-14-4-1-5-15-34)39-28-30-43-41-20-10-12-22-45(41)53(47(43)32-39)46-23-13-11-21-42(46)44-31-29-40(33-48(44)53)52-55-50(37-16-6-2-7-17-37)54-51(56-52)38-18-8-3-9-19-38/h1-33H. The van der Waals surface area contributed by atoms with Gasteiger partial charge in [-0.3, -0.25) is 4.79 Å². The van der Waals surface area contributed by atoms with Crippen LogP contribution >= 0.6 is 0 Å². The molecule has 266 valence electrons. The molecule has 0 bridgehead atoms. The van der Waals surface area contributed by atoms with Gasteiger partial charge in [-0.05, 0) is 67.8 Å². The van der Waals surface area contributed by atoms with Crippen LogP contribution in [0.25, 0.3) is 67.5 Å². The molecule has 1 unspecified atom stereocenters. The highest BCUT2D eigenvalue weighted by Gasteiger charge is 2.52. The highest BCUT2D eigenvalue weighted by atomic mass is 16.1. The average Bonchev–Trinajstić information content (AvgIpc) is 3.76. The minimum absolute atomic E-state index is 0.00385. The highest BCUT2D eigenvalue weighted by molar-refractivity contribution is 6.10. The molecule has 0 fully saturated rings. The van der Waals surface area contributed by atoms with Crippen molar-refractivity contribution in [1.29, 1.82) is 0 Å². The fourth-order valence-corrected chi connectivity index (χ4v) is 8.97. The molecular weight excluding hydrogens is 695 g/mol. The van der Waals surface area contributed by atoms with E-state index >= 15 is 0 Å². The van der Waals surface area contributed by atoms with E-state index in [2.05, 4.69) is 91.0 Å². The molecule has 0 saturated heterocycles. The predicted octanol–water partition coefficient (Wildman–Crippen LogP) is 12.1. The van der Waals surface area contributed by atoms with E-state index in [0.717, 1.165) is 50.1 Å². The molecule has 0 aliphatic heterocycles. The van der Waals surface area contributed by atoms with Crippen LogP contribution in [0.1, 0.15) is 38.2 Å². The third-order valence-electron chi connectivity index (χ3n) is 11.6. The molecule has 2 aliphatic carbocycles. The molecule has 8 aromatic carbocycles. The SMILES string of the molecule is O=C(c1ccc(-c2ccccc2)cc1)c1ccc2c(c1)C1(c3ccccc3-2)c2ccccc2-c2ccc(-c3nc(-c4ccccc4)nc(-c4ccccc4)n3)cc21. The van der Waals surface area contributed by atoms with Crippen molar-refractivity contribution in [2.45, 2.75) is 5.41 Å². The number of ketones is 1. The molecule has 1 atom stereocenters. The van der Waals surface area contributed by atoms with Crippen LogP contribution in [0.15, 0.2) is 200 Å². The average molecular weight is 728 g/mol. The van der Waals surface area contributed by atoms with E-state index in [9.17, 15) is 4.79 Å². The molecule has 1 heterocycles. The van der Waals surface area contributed by atoms with Crippen molar-refractivity contribution in [3.05, 3.63) is 234 Å². The summed E-state index contributed by atoms with van der Waals surface area (Å²) >= 11 is 0. The zero-order valence-electron chi connectivity index (χ0n) is 30.8. The molecule has 0 saturated carbocycles. The number of nitrogens with zero attached hydrogens (tertiary/aromatic N) is 3. The van der Waals surface area contributed by atoms with Crippen LogP contribution in [0.2, 0.25) is 0 Å². The van der Waals surface area contributed by atoms with Crippen LogP contribution in [0.3, 0.4) is 0 Å². The molecule has 4 heteroatoms. The summed E-state index contributed by atoms with van der Waals surface area (Å²) in [5.74, 6) is 1.84. The van der Waals surface area contributed by atoms with Gasteiger partial charge >= 0.3 is 0 Å². The van der Waals surface area contributed by atoms with Crippen LogP contribution in [-0.2, 0) is 5.41 Å². The molecule has 1 spiro atoms. The fraction of sp³-hybridized carbons (Fsp3) is 0.0189. The molecule has 0 amide bonds. The van der Waals surface area contributed by atoms with Gasteiger partial charge in [-0.25, -0.2) is 15.0 Å². The van der Waals surface area contributed by atoms with Crippen LogP contribution < -0.4 is 0 Å². The Morgan fingerprint density at radius 2 is 0.702 bits per heavy atom. The van der Waals surface area contributed by atoms with Crippen molar-refractivity contribution in [2.24, 2.45) is 0 Å². The third-order valence-corrected chi connectivity index (χ3v) is 11.6. The van der Waals surface area contributed by atoms with Crippen molar-refractivity contribution in [1.82, 2.24) is 15.0 Å². The lowest BCUT2D eigenvalue weighted by molar-refractivity contribution is 0.103. The van der Waals surface area contributed by atoms with Gasteiger partial charge in [0.1, 0.15) is 0 Å². The van der Waals surface area contributed by atoms with Gasteiger partial charge in [-0.2, -0.15) is 0 Å². The minimum Gasteiger partial charge on any atom is -0.289 e. The Morgan fingerprint density at radius 3 is 1.26 bits per heavy atom. The summed E-state index contributed by atoms with van der Waals surface area (Å²) in [5, 5.41) is 0. The number of carbonyl (C=O) groups excluding carboxylic acids is 1. The van der Waals surface area contributed by atoms with E-state index in [1.807, 2.05) is 109 Å². The molecule has 2 aliphatic rings. The van der Waals surface area contributed by atoms with Crippen molar-refractivity contribution in [3.63, 3.8) is 0 Å². The molecule has 4 nitrogen and oxygen atoms in total. The van der Waals surface area contributed by atoms with Gasteiger partial charge < -0.3 is 0 Å². The quantitative estimate of drug-likeness (QED) is 0.160. The summed E-state index contributed by atoms with van der Waals surface area (Å²) in [4.78, 5) is 29.5. The maximum absolute atomic E-state index is 14.4. The van der Waals surface area contributed by atoms with E-state index in [0.29, 0.717) is 28.6 Å². The Hall–Kier alpha value is -7.56. The number of benzene rings is 8. The number of carbonyl (C=O) groups is 1. The topological polar surface area (TPSA) is 55.7 Å². The van der Waals surface area contributed by atoms with Crippen LogP contribution in [0, 0.1) is 0 Å². The zero-order chi connectivity index (χ0) is 37.9. The smallest absolute Gasteiger partial charge is 0.193 e. The predicted molar refractivity (Wildman–Crippen MR) is 228 cm³/mol. The lowest BCUT2D eigenvalue weighted by atomic mass is 9.70. The van der Waals surface area contributed by atoms with E-state index in [1.54, 1.807) is 0 Å².